The lowest BCUT2D eigenvalue weighted by atomic mass is 9.72. The number of carbonyl (C=O) groups is 1. The van der Waals surface area contributed by atoms with Crippen molar-refractivity contribution < 1.29 is 4.79 Å². The second-order valence-electron chi connectivity index (χ2n) is 6.63. The van der Waals surface area contributed by atoms with E-state index in [4.69, 9.17) is 0 Å². The van der Waals surface area contributed by atoms with Crippen molar-refractivity contribution in [2.75, 3.05) is 19.6 Å². The number of aryl methyl sites for hydroxylation is 1. The molecule has 1 aliphatic rings. The standard InChI is InChI=1S/C21H26N2O/c1-17-7-5-6-8-18(17)11-14-23-20(24)21(12-15-22-16-13-21)19-9-3-2-4-10-19/h2-10,22H,11-16H2,1H3,(H,23,24). The summed E-state index contributed by atoms with van der Waals surface area (Å²) >= 11 is 0. The van der Waals surface area contributed by atoms with E-state index in [1.165, 1.54) is 11.1 Å². The van der Waals surface area contributed by atoms with Gasteiger partial charge in [0.25, 0.3) is 0 Å². The molecule has 2 aromatic carbocycles. The average Bonchev–Trinajstić information content (AvgIpc) is 2.64. The molecule has 0 radical (unpaired) electrons. The predicted molar refractivity (Wildman–Crippen MR) is 98.1 cm³/mol. The van der Waals surface area contributed by atoms with Crippen LogP contribution in [0.4, 0.5) is 0 Å². The highest BCUT2D eigenvalue weighted by molar-refractivity contribution is 5.88. The van der Waals surface area contributed by atoms with Gasteiger partial charge in [-0.05, 0) is 56.0 Å². The van der Waals surface area contributed by atoms with Crippen LogP contribution >= 0.6 is 0 Å². The fraction of sp³-hybridized carbons (Fsp3) is 0.381. The van der Waals surface area contributed by atoms with E-state index < -0.39 is 5.41 Å². The molecule has 1 aliphatic heterocycles. The summed E-state index contributed by atoms with van der Waals surface area (Å²) in [6.07, 6.45) is 2.59. The first-order valence-corrected chi connectivity index (χ1v) is 8.81. The summed E-state index contributed by atoms with van der Waals surface area (Å²) in [6, 6.07) is 18.6. The minimum absolute atomic E-state index is 0.170. The molecule has 0 atom stereocenters. The fourth-order valence-electron chi connectivity index (χ4n) is 3.63. The Balaban J connectivity index is 1.69. The normalized spacial score (nSPS) is 16.5. The van der Waals surface area contributed by atoms with Crippen LogP contribution in [0.1, 0.15) is 29.5 Å². The van der Waals surface area contributed by atoms with Gasteiger partial charge in [-0.15, -0.1) is 0 Å². The van der Waals surface area contributed by atoms with Crippen molar-refractivity contribution in [1.29, 1.82) is 0 Å². The van der Waals surface area contributed by atoms with Crippen LogP contribution in [-0.2, 0) is 16.6 Å². The van der Waals surface area contributed by atoms with Gasteiger partial charge in [0.05, 0.1) is 5.41 Å². The fourth-order valence-corrected chi connectivity index (χ4v) is 3.63. The van der Waals surface area contributed by atoms with Gasteiger partial charge in [0.2, 0.25) is 5.91 Å². The van der Waals surface area contributed by atoms with Crippen molar-refractivity contribution >= 4 is 5.91 Å². The minimum Gasteiger partial charge on any atom is -0.355 e. The zero-order chi connectivity index (χ0) is 16.8. The Morgan fingerprint density at radius 2 is 1.71 bits per heavy atom. The van der Waals surface area contributed by atoms with Crippen LogP contribution in [0.3, 0.4) is 0 Å². The van der Waals surface area contributed by atoms with E-state index in [9.17, 15) is 4.79 Å². The zero-order valence-electron chi connectivity index (χ0n) is 14.3. The van der Waals surface area contributed by atoms with Crippen molar-refractivity contribution in [2.24, 2.45) is 0 Å². The smallest absolute Gasteiger partial charge is 0.230 e. The zero-order valence-corrected chi connectivity index (χ0v) is 14.3. The Morgan fingerprint density at radius 1 is 1.04 bits per heavy atom. The summed E-state index contributed by atoms with van der Waals surface area (Å²) in [7, 11) is 0. The van der Waals surface area contributed by atoms with E-state index in [1.54, 1.807) is 0 Å². The van der Waals surface area contributed by atoms with Crippen molar-refractivity contribution in [3.8, 4) is 0 Å². The maximum absolute atomic E-state index is 13.1. The Labute approximate surface area is 144 Å². The average molecular weight is 322 g/mol. The van der Waals surface area contributed by atoms with Gasteiger partial charge in [0.1, 0.15) is 0 Å². The van der Waals surface area contributed by atoms with Crippen LogP contribution in [0.5, 0.6) is 0 Å². The van der Waals surface area contributed by atoms with Crippen molar-refractivity contribution in [1.82, 2.24) is 10.6 Å². The summed E-state index contributed by atoms with van der Waals surface area (Å²) < 4.78 is 0. The number of nitrogens with one attached hydrogen (secondary N) is 2. The monoisotopic (exact) mass is 322 g/mol. The first-order valence-electron chi connectivity index (χ1n) is 8.81. The van der Waals surface area contributed by atoms with Crippen molar-refractivity contribution in [2.45, 2.75) is 31.6 Å². The van der Waals surface area contributed by atoms with Crippen LogP contribution in [0.25, 0.3) is 0 Å². The second-order valence-corrected chi connectivity index (χ2v) is 6.63. The molecule has 1 heterocycles. The molecule has 3 heteroatoms. The number of piperidine rings is 1. The quantitative estimate of drug-likeness (QED) is 0.888. The number of amides is 1. The van der Waals surface area contributed by atoms with E-state index in [2.05, 4.69) is 54.0 Å². The lowest BCUT2D eigenvalue weighted by molar-refractivity contribution is -0.127. The highest BCUT2D eigenvalue weighted by atomic mass is 16.2. The summed E-state index contributed by atoms with van der Waals surface area (Å²) in [5.74, 6) is 0.170. The van der Waals surface area contributed by atoms with Gasteiger partial charge >= 0.3 is 0 Å². The van der Waals surface area contributed by atoms with Gasteiger partial charge in [-0.1, -0.05) is 54.6 Å². The lowest BCUT2D eigenvalue weighted by Gasteiger charge is -2.36. The summed E-state index contributed by atoms with van der Waals surface area (Å²) in [6.45, 7) is 4.58. The summed E-state index contributed by atoms with van der Waals surface area (Å²) in [5, 5.41) is 6.57. The molecule has 2 N–H and O–H groups in total. The van der Waals surface area contributed by atoms with Crippen LogP contribution in [0.15, 0.2) is 54.6 Å². The number of benzene rings is 2. The molecular formula is C21H26N2O. The predicted octanol–water partition coefficient (Wildman–Crippen LogP) is 2.98. The third-order valence-corrected chi connectivity index (χ3v) is 5.16. The molecule has 0 aliphatic carbocycles. The van der Waals surface area contributed by atoms with Crippen molar-refractivity contribution in [3.63, 3.8) is 0 Å². The number of hydrogen-bond donors (Lipinski definition) is 2. The molecule has 24 heavy (non-hydrogen) atoms. The highest BCUT2D eigenvalue weighted by Gasteiger charge is 2.40. The molecule has 3 nitrogen and oxygen atoms in total. The first kappa shape index (κ1) is 16.7. The Hall–Kier alpha value is -2.13. The van der Waals surface area contributed by atoms with Gasteiger partial charge in [-0.3, -0.25) is 4.79 Å². The van der Waals surface area contributed by atoms with E-state index >= 15 is 0 Å². The molecular weight excluding hydrogens is 296 g/mol. The minimum atomic E-state index is -0.391. The third kappa shape index (κ3) is 3.51. The van der Waals surface area contributed by atoms with Gasteiger partial charge in [-0.2, -0.15) is 0 Å². The Kier molecular flexibility index (Phi) is 5.31. The van der Waals surface area contributed by atoms with Gasteiger partial charge in [0.15, 0.2) is 0 Å². The molecule has 0 unspecified atom stereocenters. The highest BCUT2D eigenvalue weighted by Crippen LogP contribution is 2.33. The van der Waals surface area contributed by atoms with Crippen LogP contribution in [0, 0.1) is 6.92 Å². The molecule has 2 aromatic rings. The molecule has 0 spiro atoms. The molecule has 0 aromatic heterocycles. The summed E-state index contributed by atoms with van der Waals surface area (Å²) in [4.78, 5) is 13.1. The number of carbonyl (C=O) groups excluding carboxylic acids is 1. The molecule has 1 amide bonds. The van der Waals surface area contributed by atoms with Crippen LogP contribution in [0.2, 0.25) is 0 Å². The van der Waals surface area contributed by atoms with Gasteiger partial charge < -0.3 is 10.6 Å². The number of hydrogen-bond acceptors (Lipinski definition) is 2. The lowest BCUT2D eigenvalue weighted by Crippen LogP contribution is -2.51. The molecule has 1 fully saturated rings. The topological polar surface area (TPSA) is 41.1 Å². The van der Waals surface area contributed by atoms with E-state index in [0.29, 0.717) is 6.54 Å². The van der Waals surface area contributed by atoms with Crippen molar-refractivity contribution in [3.05, 3.63) is 71.3 Å². The Morgan fingerprint density at radius 3 is 2.42 bits per heavy atom. The molecule has 3 rings (SSSR count). The molecule has 0 bridgehead atoms. The summed E-state index contributed by atoms with van der Waals surface area (Å²) in [5.41, 5.74) is 3.33. The maximum Gasteiger partial charge on any atom is 0.230 e. The second kappa shape index (κ2) is 7.63. The van der Waals surface area contributed by atoms with E-state index in [0.717, 1.165) is 37.9 Å². The van der Waals surface area contributed by atoms with Gasteiger partial charge in [0, 0.05) is 6.54 Å². The van der Waals surface area contributed by atoms with Crippen LogP contribution in [-0.4, -0.2) is 25.5 Å². The largest absolute Gasteiger partial charge is 0.355 e. The SMILES string of the molecule is Cc1ccccc1CCNC(=O)C1(c2ccccc2)CCNCC1. The van der Waals surface area contributed by atoms with E-state index in [-0.39, 0.29) is 5.91 Å². The molecule has 1 saturated heterocycles. The maximum atomic E-state index is 13.1. The molecule has 126 valence electrons. The van der Waals surface area contributed by atoms with Crippen LogP contribution < -0.4 is 10.6 Å². The van der Waals surface area contributed by atoms with Gasteiger partial charge in [-0.25, -0.2) is 0 Å². The number of rotatable bonds is 5. The molecule has 0 saturated carbocycles. The third-order valence-electron chi connectivity index (χ3n) is 5.16. The Bertz CT molecular complexity index is 675. The first-order chi connectivity index (χ1) is 11.7. The van der Waals surface area contributed by atoms with E-state index in [1.807, 2.05) is 18.2 Å².